The standard InChI is InChI=1S/C18H17N3O3/c1-13-9-16(22)10-17(24-13)18(23)19-8-7-14-11-20-21(12-14)15-5-3-2-4-6-15/h2-6,9-12H,7-8H2,1H3,(H,19,23). The summed E-state index contributed by atoms with van der Waals surface area (Å²) in [4.78, 5) is 23.4. The van der Waals surface area contributed by atoms with Crippen LogP contribution in [0.3, 0.4) is 0 Å². The maximum Gasteiger partial charge on any atom is 0.287 e. The van der Waals surface area contributed by atoms with Crippen molar-refractivity contribution < 1.29 is 9.21 Å². The first-order valence-corrected chi connectivity index (χ1v) is 7.61. The highest BCUT2D eigenvalue weighted by Crippen LogP contribution is 2.08. The predicted molar refractivity (Wildman–Crippen MR) is 89.3 cm³/mol. The molecule has 1 aromatic carbocycles. The first-order valence-electron chi connectivity index (χ1n) is 7.61. The van der Waals surface area contributed by atoms with Crippen molar-refractivity contribution >= 4 is 5.91 Å². The molecule has 3 aromatic rings. The van der Waals surface area contributed by atoms with Gasteiger partial charge in [0.1, 0.15) is 5.76 Å². The number of rotatable bonds is 5. The van der Waals surface area contributed by atoms with Gasteiger partial charge in [0.05, 0.1) is 11.9 Å². The molecule has 0 radical (unpaired) electrons. The molecule has 0 aliphatic carbocycles. The number of hydrogen-bond acceptors (Lipinski definition) is 4. The molecule has 0 fully saturated rings. The third kappa shape index (κ3) is 3.78. The van der Waals surface area contributed by atoms with Crippen LogP contribution in [-0.2, 0) is 6.42 Å². The van der Waals surface area contributed by atoms with Crippen LogP contribution in [0.5, 0.6) is 0 Å². The molecule has 0 saturated heterocycles. The number of hydrogen-bond donors (Lipinski definition) is 1. The molecule has 0 saturated carbocycles. The van der Waals surface area contributed by atoms with E-state index in [4.69, 9.17) is 4.42 Å². The van der Waals surface area contributed by atoms with Gasteiger partial charge in [0.2, 0.25) is 0 Å². The molecule has 24 heavy (non-hydrogen) atoms. The van der Waals surface area contributed by atoms with Crippen LogP contribution in [0.2, 0.25) is 0 Å². The van der Waals surface area contributed by atoms with Crippen LogP contribution in [0, 0.1) is 6.92 Å². The molecule has 2 heterocycles. The second kappa shape index (κ2) is 6.95. The molecule has 3 rings (SSSR count). The molecule has 0 aliphatic rings. The number of carbonyl (C=O) groups is 1. The van der Waals surface area contributed by atoms with E-state index in [1.54, 1.807) is 17.8 Å². The predicted octanol–water partition coefficient (Wildman–Crippen LogP) is 2.11. The molecule has 6 heteroatoms. The van der Waals surface area contributed by atoms with Crippen molar-refractivity contribution in [2.45, 2.75) is 13.3 Å². The maximum atomic E-state index is 12.0. The van der Waals surface area contributed by atoms with E-state index in [1.165, 1.54) is 12.1 Å². The monoisotopic (exact) mass is 323 g/mol. The molecule has 0 bridgehead atoms. The van der Waals surface area contributed by atoms with Crippen molar-refractivity contribution in [3.05, 3.63) is 82.2 Å². The number of para-hydroxylation sites is 1. The topological polar surface area (TPSA) is 77.1 Å². The molecule has 1 amide bonds. The van der Waals surface area contributed by atoms with Crippen molar-refractivity contribution in [3.8, 4) is 5.69 Å². The highest BCUT2D eigenvalue weighted by Gasteiger charge is 2.10. The number of aryl methyl sites for hydroxylation is 1. The minimum Gasteiger partial charge on any atom is -0.456 e. The molecule has 0 atom stereocenters. The van der Waals surface area contributed by atoms with Gasteiger partial charge in [-0.1, -0.05) is 18.2 Å². The van der Waals surface area contributed by atoms with E-state index in [0.29, 0.717) is 18.7 Å². The fourth-order valence-electron chi connectivity index (χ4n) is 2.33. The van der Waals surface area contributed by atoms with Crippen LogP contribution in [0.15, 0.2) is 64.1 Å². The van der Waals surface area contributed by atoms with Crippen LogP contribution in [0.25, 0.3) is 5.69 Å². The largest absolute Gasteiger partial charge is 0.456 e. The van der Waals surface area contributed by atoms with Gasteiger partial charge in [-0.3, -0.25) is 9.59 Å². The quantitative estimate of drug-likeness (QED) is 0.780. The van der Waals surface area contributed by atoms with Gasteiger partial charge in [-0.25, -0.2) is 4.68 Å². The van der Waals surface area contributed by atoms with Crippen LogP contribution in [-0.4, -0.2) is 22.2 Å². The number of nitrogens with one attached hydrogen (secondary N) is 1. The smallest absolute Gasteiger partial charge is 0.287 e. The number of nitrogens with zero attached hydrogens (tertiary/aromatic N) is 2. The first-order chi connectivity index (χ1) is 11.6. The summed E-state index contributed by atoms with van der Waals surface area (Å²) in [6.45, 7) is 2.06. The second-order valence-electron chi connectivity index (χ2n) is 5.40. The first kappa shape index (κ1) is 15.7. The third-order valence-electron chi connectivity index (χ3n) is 3.47. The average Bonchev–Trinajstić information content (AvgIpc) is 3.03. The molecule has 1 N–H and O–H groups in total. The molecule has 0 unspecified atom stereocenters. The SMILES string of the molecule is Cc1cc(=O)cc(C(=O)NCCc2cnn(-c3ccccc3)c2)o1. The Labute approximate surface area is 138 Å². The van der Waals surface area contributed by atoms with Crippen LogP contribution >= 0.6 is 0 Å². The van der Waals surface area contributed by atoms with Crippen molar-refractivity contribution in [1.29, 1.82) is 0 Å². The highest BCUT2D eigenvalue weighted by molar-refractivity contribution is 5.91. The van der Waals surface area contributed by atoms with Crippen LogP contribution in [0.4, 0.5) is 0 Å². The van der Waals surface area contributed by atoms with Crippen molar-refractivity contribution in [2.75, 3.05) is 6.54 Å². The zero-order valence-corrected chi connectivity index (χ0v) is 13.2. The lowest BCUT2D eigenvalue weighted by atomic mass is 10.2. The van der Waals surface area contributed by atoms with Gasteiger partial charge < -0.3 is 9.73 Å². The number of benzene rings is 1. The fourth-order valence-corrected chi connectivity index (χ4v) is 2.33. The number of amides is 1. The van der Waals surface area contributed by atoms with Crippen molar-refractivity contribution in [3.63, 3.8) is 0 Å². The summed E-state index contributed by atoms with van der Waals surface area (Å²) in [5.74, 6) is 0.0445. The highest BCUT2D eigenvalue weighted by atomic mass is 16.3. The third-order valence-corrected chi connectivity index (χ3v) is 3.47. The van der Waals surface area contributed by atoms with Gasteiger partial charge in [-0.15, -0.1) is 0 Å². The Morgan fingerprint density at radius 3 is 2.79 bits per heavy atom. The number of aromatic nitrogens is 2. The molecule has 0 aliphatic heterocycles. The second-order valence-corrected chi connectivity index (χ2v) is 5.40. The summed E-state index contributed by atoms with van der Waals surface area (Å²) < 4.78 is 7.04. The molecule has 122 valence electrons. The summed E-state index contributed by atoms with van der Waals surface area (Å²) in [5, 5.41) is 7.05. The Balaban J connectivity index is 1.58. The van der Waals surface area contributed by atoms with Gasteiger partial charge in [-0.2, -0.15) is 5.10 Å². The Bertz CT molecular complexity index is 897. The van der Waals surface area contributed by atoms with E-state index < -0.39 is 5.91 Å². The van der Waals surface area contributed by atoms with Crippen molar-refractivity contribution in [2.24, 2.45) is 0 Å². The summed E-state index contributed by atoms with van der Waals surface area (Å²) in [6, 6.07) is 12.3. The molecule has 6 nitrogen and oxygen atoms in total. The summed E-state index contributed by atoms with van der Waals surface area (Å²) >= 11 is 0. The summed E-state index contributed by atoms with van der Waals surface area (Å²) in [6.07, 6.45) is 4.33. The Kier molecular flexibility index (Phi) is 4.56. The Morgan fingerprint density at radius 2 is 2.04 bits per heavy atom. The van der Waals surface area contributed by atoms with Gasteiger partial charge in [0.25, 0.3) is 5.91 Å². The summed E-state index contributed by atoms with van der Waals surface area (Å²) in [5.41, 5.74) is 1.74. The average molecular weight is 323 g/mol. The Hall–Kier alpha value is -3.15. The lowest BCUT2D eigenvalue weighted by Gasteiger charge is -2.04. The maximum absolute atomic E-state index is 12.0. The van der Waals surface area contributed by atoms with E-state index in [1.807, 2.05) is 36.5 Å². The van der Waals surface area contributed by atoms with E-state index in [9.17, 15) is 9.59 Å². The zero-order chi connectivity index (χ0) is 16.9. The van der Waals surface area contributed by atoms with E-state index in [-0.39, 0.29) is 11.2 Å². The molecule has 0 spiro atoms. The minimum atomic E-state index is -0.397. The van der Waals surface area contributed by atoms with E-state index >= 15 is 0 Å². The zero-order valence-electron chi connectivity index (χ0n) is 13.2. The van der Waals surface area contributed by atoms with Gasteiger partial charge >= 0.3 is 0 Å². The molecule has 2 aromatic heterocycles. The van der Waals surface area contributed by atoms with Crippen LogP contribution in [0.1, 0.15) is 21.9 Å². The fraction of sp³-hybridized carbons (Fsp3) is 0.167. The molecular formula is C18H17N3O3. The Morgan fingerprint density at radius 1 is 1.25 bits per heavy atom. The summed E-state index contributed by atoms with van der Waals surface area (Å²) in [7, 11) is 0. The minimum absolute atomic E-state index is 0.0278. The van der Waals surface area contributed by atoms with Gasteiger partial charge in [0, 0.05) is 24.9 Å². The van der Waals surface area contributed by atoms with Crippen LogP contribution < -0.4 is 10.7 Å². The van der Waals surface area contributed by atoms with E-state index in [2.05, 4.69) is 10.4 Å². The lowest BCUT2D eigenvalue weighted by molar-refractivity contribution is 0.0922. The van der Waals surface area contributed by atoms with Gasteiger partial charge in [0.15, 0.2) is 11.2 Å². The molecular weight excluding hydrogens is 306 g/mol. The van der Waals surface area contributed by atoms with Gasteiger partial charge in [-0.05, 0) is 31.0 Å². The normalized spacial score (nSPS) is 10.5. The van der Waals surface area contributed by atoms with Crippen molar-refractivity contribution in [1.82, 2.24) is 15.1 Å². The van der Waals surface area contributed by atoms with E-state index in [0.717, 1.165) is 11.3 Å². The number of carbonyl (C=O) groups excluding carboxylic acids is 1. The lowest BCUT2D eigenvalue weighted by Crippen LogP contribution is -2.26.